The molecule has 2 rings (SSSR count). The Morgan fingerprint density at radius 2 is 2.15 bits per heavy atom. The lowest BCUT2D eigenvalue weighted by Gasteiger charge is -2.11. The molecule has 0 saturated heterocycles. The lowest BCUT2D eigenvalue weighted by Crippen LogP contribution is -2.33. The number of para-hydroxylation sites is 1. The number of H-pyrrole nitrogens is 1. The Bertz CT molecular complexity index is 562. The number of benzene rings is 1. The molecule has 2 aromatic rings. The zero-order valence-corrected chi connectivity index (χ0v) is 12.2. The highest BCUT2D eigenvalue weighted by atomic mass is 16.1. The van der Waals surface area contributed by atoms with Gasteiger partial charge in [0.2, 0.25) is 5.91 Å². The van der Waals surface area contributed by atoms with E-state index in [4.69, 9.17) is 0 Å². The molecule has 0 aliphatic rings. The third-order valence-electron chi connectivity index (χ3n) is 3.54. The highest BCUT2D eigenvalue weighted by Gasteiger charge is 2.05. The van der Waals surface area contributed by atoms with Gasteiger partial charge in [-0.25, -0.2) is 0 Å². The van der Waals surface area contributed by atoms with Crippen LogP contribution in [-0.4, -0.2) is 23.5 Å². The average molecular weight is 273 g/mol. The van der Waals surface area contributed by atoms with E-state index in [1.54, 1.807) is 0 Å². The van der Waals surface area contributed by atoms with E-state index in [0.29, 0.717) is 13.0 Å². The summed E-state index contributed by atoms with van der Waals surface area (Å²) in [5, 5.41) is 7.53. The molecular weight excluding hydrogens is 250 g/mol. The Hall–Kier alpha value is -1.81. The minimum Gasteiger partial charge on any atom is -0.361 e. The fraction of sp³-hybridized carbons (Fsp3) is 0.438. The van der Waals surface area contributed by atoms with Crippen molar-refractivity contribution in [2.45, 2.75) is 39.3 Å². The second kappa shape index (κ2) is 7.10. The topological polar surface area (TPSA) is 56.9 Å². The lowest BCUT2D eigenvalue weighted by atomic mass is 10.2. The molecule has 1 aromatic heterocycles. The van der Waals surface area contributed by atoms with E-state index in [9.17, 15) is 4.79 Å². The maximum atomic E-state index is 11.6. The monoisotopic (exact) mass is 273 g/mol. The number of aromatic nitrogens is 1. The Labute approximate surface area is 120 Å². The van der Waals surface area contributed by atoms with Gasteiger partial charge in [0.05, 0.1) is 0 Å². The van der Waals surface area contributed by atoms with E-state index >= 15 is 0 Å². The van der Waals surface area contributed by atoms with Crippen molar-refractivity contribution in [1.82, 2.24) is 15.6 Å². The standard InChI is InChI=1S/C16H23N3O/c1-3-12(2)19-16(20)8-9-17-10-13-11-18-15-7-5-4-6-14(13)15/h4-7,11-12,17-18H,3,8-10H2,1-2H3,(H,19,20). The first-order valence-electron chi connectivity index (χ1n) is 7.25. The van der Waals surface area contributed by atoms with Crippen molar-refractivity contribution in [1.29, 1.82) is 0 Å². The Balaban J connectivity index is 1.75. The van der Waals surface area contributed by atoms with Crippen molar-refractivity contribution in [3.8, 4) is 0 Å². The number of carbonyl (C=O) groups excluding carboxylic acids is 1. The summed E-state index contributed by atoms with van der Waals surface area (Å²) in [5.74, 6) is 0.116. The minimum absolute atomic E-state index is 0.116. The van der Waals surface area contributed by atoms with Gasteiger partial charge in [0, 0.05) is 42.7 Å². The molecule has 3 N–H and O–H groups in total. The van der Waals surface area contributed by atoms with Gasteiger partial charge in [0.25, 0.3) is 0 Å². The van der Waals surface area contributed by atoms with Crippen molar-refractivity contribution in [2.75, 3.05) is 6.54 Å². The molecule has 0 aliphatic heterocycles. The normalized spacial score (nSPS) is 12.5. The SMILES string of the molecule is CCC(C)NC(=O)CCNCc1c[nH]c2ccccc12. The molecule has 0 radical (unpaired) electrons. The predicted octanol–water partition coefficient (Wildman–Crippen LogP) is 2.56. The number of fused-ring (bicyclic) bond motifs is 1. The summed E-state index contributed by atoms with van der Waals surface area (Å²) in [6, 6.07) is 8.50. The largest absolute Gasteiger partial charge is 0.361 e. The molecule has 1 heterocycles. The van der Waals surface area contributed by atoms with E-state index in [0.717, 1.165) is 18.5 Å². The van der Waals surface area contributed by atoms with Crippen molar-refractivity contribution in [3.05, 3.63) is 36.0 Å². The number of hydrogen-bond donors (Lipinski definition) is 3. The first kappa shape index (κ1) is 14.6. The zero-order valence-electron chi connectivity index (χ0n) is 12.2. The summed E-state index contributed by atoms with van der Waals surface area (Å²) >= 11 is 0. The van der Waals surface area contributed by atoms with Crippen molar-refractivity contribution in [2.24, 2.45) is 0 Å². The predicted molar refractivity (Wildman–Crippen MR) is 82.5 cm³/mol. The Morgan fingerprint density at radius 1 is 1.35 bits per heavy atom. The van der Waals surface area contributed by atoms with Gasteiger partial charge in [-0.3, -0.25) is 4.79 Å². The summed E-state index contributed by atoms with van der Waals surface area (Å²) in [6.07, 6.45) is 3.51. The number of amides is 1. The first-order chi connectivity index (χ1) is 9.70. The zero-order chi connectivity index (χ0) is 14.4. The van der Waals surface area contributed by atoms with Gasteiger partial charge in [-0.05, 0) is 25.0 Å². The quantitative estimate of drug-likeness (QED) is 0.679. The van der Waals surface area contributed by atoms with Crippen molar-refractivity contribution < 1.29 is 4.79 Å². The summed E-state index contributed by atoms with van der Waals surface area (Å²) < 4.78 is 0. The van der Waals surface area contributed by atoms with E-state index < -0.39 is 0 Å². The molecule has 0 aliphatic carbocycles. The lowest BCUT2D eigenvalue weighted by molar-refractivity contribution is -0.121. The van der Waals surface area contributed by atoms with Crippen LogP contribution in [0.2, 0.25) is 0 Å². The van der Waals surface area contributed by atoms with Crippen LogP contribution in [0.3, 0.4) is 0 Å². The van der Waals surface area contributed by atoms with Gasteiger partial charge in [0.1, 0.15) is 0 Å². The maximum absolute atomic E-state index is 11.6. The van der Waals surface area contributed by atoms with Crippen LogP contribution in [-0.2, 0) is 11.3 Å². The fourth-order valence-corrected chi connectivity index (χ4v) is 2.15. The summed E-state index contributed by atoms with van der Waals surface area (Å²) in [7, 11) is 0. The second-order valence-corrected chi connectivity index (χ2v) is 5.16. The molecule has 0 fully saturated rings. The average Bonchev–Trinajstić information content (AvgIpc) is 2.87. The van der Waals surface area contributed by atoms with Crippen LogP contribution in [0.1, 0.15) is 32.3 Å². The van der Waals surface area contributed by atoms with Gasteiger partial charge < -0.3 is 15.6 Å². The molecule has 0 saturated carbocycles. The molecule has 0 spiro atoms. The molecule has 4 heteroatoms. The smallest absolute Gasteiger partial charge is 0.221 e. The maximum Gasteiger partial charge on any atom is 0.221 e. The Kier molecular flexibility index (Phi) is 5.18. The molecule has 20 heavy (non-hydrogen) atoms. The number of rotatable bonds is 7. The second-order valence-electron chi connectivity index (χ2n) is 5.16. The summed E-state index contributed by atoms with van der Waals surface area (Å²) in [5.41, 5.74) is 2.39. The minimum atomic E-state index is 0.116. The number of nitrogens with one attached hydrogen (secondary N) is 3. The summed E-state index contributed by atoms with van der Waals surface area (Å²) in [6.45, 7) is 5.57. The van der Waals surface area contributed by atoms with Gasteiger partial charge in [0.15, 0.2) is 0 Å². The van der Waals surface area contributed by atoms with Crippen LogP contribution in [0.4, 0.5) is 0 Å². The number of aromatic amines is 1. The molecule has 1 unspecified atom stereocenters. The highest BCUT2D eigenvalue weighted by Crippen LogP contribution is 2.17. The molecule has 4 nitrogen and oxygen atoms in total. The van der Waals surface area contributed by atoms with Crippen LogP contribution in [0, 0.1) is 0 Å². The molecule has 1 aromatic carbocycles. The molecule has 1 amide bonds. The van der Waals surface area contributed by atoms with E-state index in [1.165, 1.54) is 10.9 Å². The van der Waals surface area contributed by atoms with Crippen LogP contribution in [0.15, 0.2) is 30.5 Å². The van der Waals surface area contributed by atoms with Crippen LogP contribution < -0.4 is 10.6 Å². The van der Waals surface area contributed by atoms with Gasteiger partial charge >= 0.3 is 0 Å². The van der Waals surface area contributed by atoms with Gasteiger partial charge in [-0.2, -0.15) is 0 Å². The molecule has 108 valence electrons. The van der Waals surface area contributed by atoms with Crippen LogP contribution >= 0.6 is 0 Å². The van der Waals surface area contributed by atoms with Gasteiger partial charge in [-0.15, -0.1) is 0 Å². The molecular formula is C16H23N3O. The van der Waals surface area contributed by atoms with E-state index in [1.807, 2.05) is 25.3 Å². The third kappa shape index (κ3) is 3.84. The van der Waals surface area contributed by atoms with Crippen molar-refractivity contribution in [3.63, 3.8) is 0 Å². The Morgan fingerprint density at radius 3 is 2.95 bits per heavy atom. The number of carbonyl (C=O) groups is 1. The van der Waals surface area contributed by atoms with E-state index in [-0.39, 0.29) is 11.9 Å². The third-order valence-corrected chi connectivity index (χ3v) is 3.54. The van der Waals surface area contributed by atoms with Gasteiger partial charge in [-0.1, -0.05) is 25.1 Å². The molecule has 1 atom stereocenters. The first-order valence-corrected chi connectivity index (χ1v) is 7.25. The molecule has 0 bridgehead atoms. The van der Waals surface area contributed by atoms with E-state index in [2.05, 4.69) is 34.7 Å². The fourth-order valence-electron chi connectivity index (χ4n) is 2.15. The van der Waals surface area contributed by atoms with Crippen LogP contribution in [0.25, 0.3) is 10.9 Å². The van der Waals surface area contributed by atoms with Crippen molar-refractivity contribution >= 4 is 16.8 Å². The van der Waals surface area contributed by atoms with Crippen LogP contribution in [0.5, 0.6) is 0 Å². The highest BCUT2D eigenvalue weighted by molar-refractivity contribution is 5.83. The number of hydrogen-bond acceptors (Lipinski definition) is 2. The summed E-state index contributed by atoms with van der Waals surface area (Å²) in [4.78, 5) is 14.9.